The van der Waals surface area contributed by atoms with Crippen LogP contribution in [0, 0.1) is 0 Å². The van der Waals surface area contributed by atoms with Crippen molar-refractivity contribution < 1.29 is 9.21 Å². The van der Waals surface area contributed by atoms with Crippen LogP contribution in [0.1, 0.15) is 11.3 Å². The lowest BCUT2D eigenvalue weighted by molar-refractivity contribution is -0.115. The van der Waals surface area contributed by atoms with E-state index < -0.39 is 0 Å². The summed E-state index contributed by atoms with van der Waals surface area (Å²) in [5.41, 5.74) is 1.09. The minimum Gasteiger partial charge on any atom is -0.467 e. The number of carbonyl (C=O) groups excluding carboxylic acids is 1. The molecular weight excluding hydrogens is 296 g/mol. The van der Waals surface area contributed by atoms with E-state index in [1.165, 1.54) is 11.8 Å². The second kappa shape index (κ2) is 6.95. The number of benzene rings is 1. The summed E-state index contributed by atoms with van der Waals surface area (Å²) in [6.45, 7) is 0.419. The molecule has 0 radical (unpaired) electrons. The van der Waals surface area contributed by atoms with Crippen molar-refractivity contribution in [1.82, 2.24) is 5.32 Å². The van der Waals surface area contributed by atoms with Gasteiger partial charge in [-0.3, -0.25) is 9.79 Å². The van der Waals surface area contributed by atoms with E-state index in [9.17, 15) is 4.79 Å². The quantitative estimate of drug-likeness (QED) is 0.878. The van der Waals surface area contributed by atoms with Crippen molar-refractivity contribution in [3.8, 4) is 0 Å². The van der Waals surface area contributed by atoms with Crippen LogP contribution in [0.3, 0.4) is 0 Å². The third-order valence-electron chi connectivity index (χ3n) is 2.95. The Morgan fingerprint density at radius 3 is 2.82 bits per heavy atom. The molecule has 4 nitrogen and oxygen atoms in total. The Balaban J connectivity index is 1.63. The van der Waals surface area contributed by atoms with Crippen LogP contribution < -0.4 is 5.32 Å². The second-order valence-corrected chi connectivity index (χ2v) is 5.59. The number of allylic oxidation sites excluding steroid dienone is 2. The van der Waals surface area contributed by atoms with E-state index in [2.05, 4.69) is 10.3 Å². The van der Waals surface area contributed by atoms with Crippen molar-refractivity contribution in [3.05, 3.63) is 77.1 Å². The molecule has 1 aliphatic heterocycles. The predicted molar refractivity (Wildman–Crippen MR) is 89.1 cm³/mol. The molecule has 1 fully saturated rings. The van der Waals surface area contributed by atoms with E-state index in [4.69, 9.17) is 4.42 Å². The molecule has 1 amide bonds. The third-order valence-corrected chi connectivity index (χ3v) is 3.91. The molecule has 3 rings (SSSR count). The molecule has 110 valence electrons. The molecule has 2 aromatic rings. The van der Waals surface area contributed by atoms with Crippen LogP contribution in [0.5, 0.6) is 0 Å². The second-order valence-electron chi connectivity index (χ2n) is 4.56. The molecule has 22 heavy (non-hydrogen) atoms. The number of thioether (sulfide) groups is 1. The van der Waals surface area contributed by atoms with Crippen molar-refractivity contribution in [1.29, 1.82) is 0 Å². The van der Waals surface area contributed by atoms with Crippen LogP contribution in [-0.4, -0.2) is 11.1 Å². The Morgan fingerprint density at radius 1 is 1.18 bits per heavy atom. The minimum absolute atomic E-state index is 0.124. The van der Waals surface area contributed by atoms with Gasteiger partial charge in [0.05, 0.1) is 17.7 Å². The van der Waals surface area contributed by atoms with Crippen LogP contribution in [-0.2, 0) is 11.3 Å². The van der Waals surface area contributed by atoms with Crippen LogP contribution in [0.15, 0.2) is 75.2 Å². The number of aliphatic imine (C=N–C) groups is 1. The highest BCUT2D eigenvalue weighted by Gasteiger charge is 2.22. The molecule has 1 N–H and O–H groups in total. The van der Waals surface area contributed by atoms with Crippen molar-refractivity contribution in [2.75, 3.05) is 0 Å². The Morgan fingerprint density at radius 2 is 2.05 bits per heavy atom. The number of hydrogen-bond acceptors (Lipinski definition) is 4. The third kappa shape index (κ3) is 3.77. The zero-order chi connectivity index (χ0) is 15.2. The molecule has 0 spiro atoms. The van der Waals surface area contributed by atoms with E-state index >= 15 is 0 Å². The molecule has 1 aliphatic rings. The number of amides is 1. The van der Waals surface area contributed by atoms with E-state index in [0.29, 0.717) is 16.6 Å². The van der Waals surface area contributed by atoms with Gasteiger partial charge in [0.15, 0.2) is 5.17 Å². The maximum Gasteiger partial charge on any atom is 0.264 e. The van der Waals surface area contributed by atoms with E-state index in [0.717, 1.165) is 11.3 Å². The van der Waals surface area contributed by atoms with Crippen molar-refractivity contribution >= 4 is 28.9 Å². The van der Waals surface area contributed by atoms with Crippen molar-refractivity contribution in [3.63, 3.8) is 0 Å². The summed E-state index contributed by atoms with van der Waals surface area (Å²) < 4.78 is 5.21. The fourth-order valence-corrected chi connectivity index (χ4v) is 2.65. The highest BCUT2D eigenvalue weighted by molar-refractivity contribution is 8.18. The first-order valence-corrected chi connectivity index (χ1v) is 7.62. The number of nitrogens with one attached hydrogen (secondary N) is 1. The molecule has 1 saturated heterocycles. The highest BCUT2D eigenvalue weighted by Crippen LogP contribution is 2.24. The van der Waals surface area contributed by atoms with Gasteiger partial charge in [-0.15, -0.1) is 0 Å². The van der Waals surface area contributed by atoms with Gasteiger partial charge in [0.2, 0.25) is 0 Å². The number of carbonyl (C=O) groups is 1. The van der Waals surface area contributed by atoms with Gasteiger partial charge >= 0.3 is 0 Å². The van der Waals surface area contributed by atoms with Gasteiger partial charge in [-0.2, -0.15) is 0 Å². The monoisotopic (exact) mass is 310 g/mol. The molecule has 5 heteroatoms. The first kappa shape index (κ1) is 14.4. The van der Waals surface area contributed by atoms with Gasteiger partial charge in [-0.05, 0) is 35.5 Å². The van der Waals surface area contributed by atoms with Gasteiger partial charge in [-0.25, -0.2) is 0 Å². The first-order valence-electron chi connectivity index (χ1n) is 6.81. The summed E-state index contributed by atoms with van der Waals surface area (Å²) >= 11 is 1.33. The summed E-state index contributed by atoms with van der Waals surface area (Å²) in [5.74, 6) is 0.643. The summed E-state index contributed by atoms with van der Waals surface area (Å²) in [4.78, 5) is 16.8. The van der Waals surface area contributed by atoms with Gasteiger partial charge in [0, 0.05) is 0 Å². The van der Waals surface area contributed by atoms with E-state index in [1.807, 2.05) is 54.6 Å². The van der Waals surface area contributed by atoms with E-state index in [1.54, 1.807) is 12.3 Å². The smallest absolute Gasteiger partial charge is 0.264 e. The largest absolute Gasteiger partial charge is 0.467 e. The molecule has 2 heterocycles. The topological polar surface area (TPSA) is 54.6 Å². The molecular formula is C17H14N2O2S. The Hall–Kier alpha value is -2.53. The van der Waals surface area contributed by atoms with Crippen LogP contribution in [0.4, 0.5) is 0 Å². The average Bonchev–Trinajstić information content (AvgIpc) is 3.17. The lowest BCUT2D eigenvalue weighted by Gasteiger charge is -1.93. The maximum atomic E-state index is 11.9. The summed E-state index contributed by atoms with van der Waals surface area (Å²) in [5, 5.41) is 3.34. The Bertz CT molecular complexity index is 731. The van der Waals surface area contributed by atoms with Gasteiger partial charge in [-0.1, -0.05) is 42.5 Å². The fraction of sp³-hybridized carbons (Fsp3) is 0.0588. The summed E-state index contributed by atoms with van der Waals surface area (Å²) in [7, 11) is 0. The van der Waals surface area contributed by atoms with Crippen molar-refractivity contribution in [2.24, 2.45) is 4.99 Å². The normalized spacial score (nSPS) is 18.5. The molecule has 0 aliphatic carbocycles. The van der Waals surface area contributed by atoms with E-state index in [-0.39, 0.29) is 5.91 Å². The van der Waals surface area contributed by atoms with Crippen LogP contribution in [0.2, 0.25) is 0 Å². The molecule has 1 aromatic carbocycles. The number of nitrogens with zero attached hydrogens (tertiary/aromatic N) is 1. The summed E-state index contributed by atoms with van der Waals surface area (Å²) in [6, 6.07) is 13.6. The Kier molecular flexibility index (Phi) is 4.56. The van der Waals surface area contributed by atoms with Crippen LogP contribution >= 0.6 is 11.8 Å². The number of rotatable bonds is 4. The first-order chi connectivity index (χ1) is 10.8. The van der Waals surface area contributed by atoms with Crippen molar-refractivity contribution in [2.45, 2.75) is 6.54 Å². The molecule has 0 bridgehead atoms. The fourth-order valence-electron chi connectivity index (χ4n) is 1.88. The average molecular weight is 310 g/mol. The van der Waals surface area contributed by atoms with Crippen LogP contribution in [0.25, 0.3) is 6.08 Å². The number of hydrogen-bond donors (Lipinski definition) is 1. The zero-order valence-corrected chi connectivity index (χ0v) is 12.5. The zero-order valence-electron chi connectivity index (χ0n) is 11.7. The minimum atomic E-state index is -0.124. The summed E-state index contributed by atoms with van der Waals surface area (Å²) in [6.07, 6.45) is 7.23. The molecule has 0 unspecified atom stereocenters. The van der Waals surface area contributed by atoms with Gasteiger partial charge in [0.25, 0.3) is 5.91 Å². The SMILES string of the molecule is O=C1NC(=NCc2ccco2)S/C1=C\C=C/c1ccccc1. The standard InChI is InChI=1S/C17H14N2O2S/c20-16-15(10-4-8-13-6-2-1-3-7-13)22-17(19-16)18-12-14-9-5-11-21-14/h1-11H,12H2,(H,18,19,20)/b8-4-,15-10-. The van der Waals surface area contributed by atoms with Gasteiger partial charge < -0.3 is 9.73 Å². The maximum absolute atomic E-state index is 11.9. The molecule has 1 aromatic heterocycles. The number of amidine groups is 1. The highest BCUT2D eigenvalue weighted by atomic mass is 32.2. The molecule has 0 saturated carbocycles. The van der Waals surface area contributed by atoms with Gasteiger partial charge in [0.1, 0.15) is 5.76 Å². The molecule has 0 atom stereocenters. The Labute approximate surface area is 132 Å². The predicted octanol–water partition coefficient (Wildman–Crippen LogP) is 3.60. The lowest BCUT2D eigenvalue weighted by atomic mass is 10.2. The number of furan rings is 1. The lowest BCUT2D eigenvalue weighted by Crippen LogP contribution is -2.19.